The minimum atomic E-state index is 0.995. The summed E-state index contributed by atoms with van der Waals surface area (Å²) in [6.45, 7) is 8.25. The van der Waals surface area contributed by atoms with Gasteiger partial charge in [0.05, 0.1) is 11.4 Å². The maximum Gasteiger partial charge on any atom is 0.0669 e. The zero-order valence-corrected chi connectivity index (χ0v) is 11.3. The van der Waals surface area contributed by atoms with Crippen LogP contribution in [0.25, 0.3) is 0 Å². The van der Waals surface area contributed by atoms with Gasteiger partial charge in [-0.05, 0) is 44.9 Å². The molecule has 0 aliphatic rings. The largest absolute Gasteiger partial charge is 0.364 e. The number of nitrogens with zero attached hydrogens (tertiary/aromatic N) is 1. The Hall–Kier alpha value is -2.03. The molecule has 0 unspecified atom stereocenters. The standard InChI is InChI=1S/C15H19N3/c1-10-7-5-6-8-14(10)18-17-13(4)15-11(2)9-16-12(15)3/h5-9,16,18H,1-4H3/b17-13+. The van der Waals surface area contributed by atoms with Crippen molar-refractivity contribution in [2.24, 2.45) is 5.10 Å². The monoisotopic (exact) mass is 241 g/mol. The molecule has 3 heteroatoms. The third-order valence-electron chi connectivity index (χ3n) is 3.13. The molecular formula is C15H19N3. The fourth-order valence-electron chi connectivity index (χ4n) is 2.11. The predicted molar refractivity (Wildman–Crippen MR) is 77.3 cm³/mol. The van der Waals surface area contributed by atoms with Crippen LogP contribution in [0.3, 0.4) is 0 Å². The summed E-state index contributed by atoms with van der Waals surface area (Å²) in [7, 11) is 0. The lowest BCUT2D eigenvalue weighted by Gasteiger charge is -2.06. The lowest BCUT2D eigenvalue weighted by molar-refractivity contribution is 1.24. The van der Waals surface area contributed by atoms with Gasteiger partial charge in [-0.2, -0.15) is 5.10 Å². The Balaban J connectivity index is 2.23. The topological polar surface area (TPSA) is 40.2 Å². The molecule has 0 spiro atoms. The second-order valence-corrected chi connectivity index (χ2v) is 4.60. The number of para-hydroxylation sites is 1. The van der Waals surface area contributed by atoms with Gasteiger partial charge in [0, 0.05) is 17.5 Å². The van der Waals surface area contributed by atoms with E-state index in [1.165, 1.54) is 16.7 Å². The van der Waals surface area contributed by atoms with E-state index in [1.807, 2.05) is 31.3 Å². The van der Waals surface area contributed by atoms with Crippen LogP contribution in [0.4, 0.5) is 5.69 Å². The molecule has 1 aromatic heterocycles. The Bertz CT molecular complexity index is 560. The normalized spacial score (nSPS) is 11.7. The number of H-pyrrole nitrogens is 1. The summed E-state index contributed by atoms with van der Waals surface area (Å²) in [5.41, 5.74) is 9.93. The van der Waals surface area contributed by atoms with Gasteiger partial charge in [0.2, 0.25) is 0 Å². The fourth-order valence-corrected chi connectivity index (χ4v) is 2.11. The molecule has 0 radical (unpaired) electrons. The summed E-state index contributed by atoms with van der Waals surface area (Å²) in [5, 5.41) is 4.47. The lowest BCUT2D eigenvalue weighted by atomic mass is 10.1. The molecule has 1 heterocycles. The van der Waals surface area contributed by atoms with Crippen molar-refractivity contribution in [1.82, 2.24) is 4.98 Å². The van der Waals surface area contributed by atoms with Crippen LogP contribution in [0, 0.1) is 20.8 Å². The number of nitrogens with one attached hydrogen (secondary N) is 2. The molecule has 0 amide bonds. The first-order valence-electron chi connectivity index (χ1n) is 6.10. The van der Waals surface area contributed by atoms with Gasteiger partial charge in [-0.3, -0.25) is 5.43 Å². The van der Waals surface area contributed by atoms with Gasteiger partial charge in [-0.15, -0.1) is 0 Å². The Labute approximate surface area is 108 Å². The Morgan fingerprint density at radius 1 is 1.11 bits per heavy atom. The number of hydrazone groups is 1. The average molecular weight is 241 g/mol. The highest BCUT2D eigenvalue weighted by Crippen LogP contribution is 2.16. The van der Waals surface area contributed by atoms with Crippen molar-refractivity contribution in [2.45, 2.75) is 27.7 Å². The highest BCUT2D eigenvalue weighted by Gasteiger charge is 2.07. The van der Waals surface area contributed by atoms with E-state index < -0.39 is 0 Å². The van der Waals surface area contributed by atoms with Crippen LogP contribution >= 0.6 is 0 Å². The van der Waals surface area contributed by atoms with Crippen LogP contribution in [0.15, 0.2) is 35.6 Å². The Kier molecular flexibility index (Phi) is 3.51. The van der Waals surface area contributed by atoms with Crippen LogP contribution < -0.4 is 5.43 Å². The first-order chi connectivity index (χ1) is 8.59. The van der Waals surface area contributed by atoms with Gasteiger partial charge in [-0.1, -0.05) is 18.2 Å². The zero-order valence-electron chi connectivity index (χ0n) is 11.3. The Morgan fingerprint density at radius 2 is 1.83 bits per heavy atom. The van der Waals surface area contributed by atoms with E-state index in [0.29, 0.717) is 0 Å². The smallest absolute Gasteiger partial charge is 0.0669 e. The van der Waals surface area contributed by atoms with E-state index in [1.54, 1.807) is 0 Å². The summed E-state index contributed by atoms with van der Waals surface area (Å²) < 4.78 is 0. The van der Waals surface area contributed by atoms with Gasteiger partial charge in [-0.25, -0.2) is 0 Å². The number of anilines is 1. The van der Waals surface area contributed by atoms with E-state index in [9.17, 15) is 0 Å². The van der Waals surface area contributed by atoms with Crippen LogP contribution in [-0.4, -0.2) is 10.7 Å². The molecule has 94 valence electrons. The molecular weight excluding hydrogens is 222 g/mol. The van der Waals surface area contributed by atoms with Gasteiger partial charge >= 0.3 is 0 Å². The minimum absolute atomic E-state index is 0.995. The zero-order chi connectivity index (χ0) is 13.1. The SMILES string of the molecule is C/C(=N\Nc1ccccc1C)c1c(C)c[nH]c1C. The van der Waals surface area contributed by atoms with E-state index in [-0.39, 0.29) is 0 Å². The second-order valence-electron chi connectivity index (χ2n) is 4.60. The van der Waals surface area contributed by atoms with E-state index in [4.69, 9.17) is 0 Å². The van der Waals surface area contributed by atoms with E-state index in [2.05, 4.69) is 42.3 Å². The molecule has 0 saturated heterocycles. The Morgan fingerprint density at radius 3 is 2.44 bits per heavy atom. The third-order valence-corrected chi connectivity index (χ3v) is 3.13. The van der Waals surface area contributed by atoms with Crippen LogP contribution in [0.5, 0.6) is 0 Å². The van der Waals surface area contributed by atoms with E-state index in [0.717, 1.165) is 17.1 Å². The number of aromatic nitrogens is 1. The van der Waals surface area contributed by atoms with Gasteiger partial charge in [0.15, 0.2) is 0 Å². The van der Waals surface area contributed by atoms with Gasteiger partial charge in [0.25, 0.3) is 0 Å². The van der Waals surface area contributed by atoms with Crippen molar-refractivity contribution in [3.63, 3.8) is 0 Å². The summed E-state index contributed by atoms with van der Waals surface area (Å²) in [5.74, 6) is 0. The van der Waals surface area contributed by atoms with Gasteiger partial charge in [0.1, 0.15) is 0 Å². The van der Waals surface area contributed by atoms with Crippen molar-refractivity contribution in [3.05, 3.63) is 52.8 Å². The van der Waals surface area contributed by atoms with Gasteiger partial charge < -0.3 is 4.98 Å². The van der Waals surface area contributed by atoms with Crippen molar-refractivity contribution in [2.75, 3.05) is 5.43 Å². The number of aryl methyl sites for hydroxylation is 3. The molecule has 2 rings (SSSR count). The molecule has 0 aliphatic heterocycles. The molecule has 3 nitrogen and oxygen atoms in total. The molecule has 0 atom stereocenters. The maximum absolute atomic E-state index is 4.47. The van der Waals surface area contributed by atoms with Crippen LogP contribution in [-0.2, 0) is 0 Å². The molecule has 0 saturated carbocycles. The third kappa shape index (κ3) is 2.45. The lowest BCUT2D eigenvalue weighted by Crippen LogP contribution is -2.02. The summed E-state index contributed by atoms with van der Waals surface area (Å²) in [4.78, 5) is 3.22. The van der Waals surface area contributed by atoms with E-state index >= 15 is 0 Å². The minimum Gasteiger partial charge on any atom is -0.364 e. The number of benzene rings is 1. The molecule has 0 fully saturated rings. The predicted octanol–water partition coefficient (Wildman–Crippen LogP) is 3.78. The summed E-state index contributed by atoms with van der Waals surface area (Å²) in [6.07, 6.45) is 2.01. The van der Waals surface area contributed by atoms with Crippen LogP contribution in [0.2, 0.25) is 0 Å². The fraction of sp³-hybridized carbons (Fsp3) is 0.267. The first-order valence-corrected chi connectivity index (χ1v) is 6.10. The molecule has 2 N–H and O–H groups in total. The summed E-state index contributed by atoms with van der Waals surface area (Å²) in [6, 6.07) is 8.13. The maximum atomic E-state index is 4.47. The highest BCUT2D eigenvalue weighted by atomic mass is 15.3. The van der Waals surface area contributed by atoms with Crippen molar-refractivity contribution < 1.29 is 0 Å². The van der Waals surface area contributed by atoms with Crippen molar-refractivity contribution >= 4 is 11.4 Å². The first kappa shape index (κ1) is 12.4. The second kappa shape index (κ2) is 5.08. The number of hydrogen-bond acceptors (Lipinski definition) is 2. The number of aromatic amines is 1. The van der Waals surface area contributed by atoms with Crippen molar-refractivity contribution in [1.29, 1.82) is 0 Å². The molecule has 1 aromatic carbocycles. The summed E-state index contributed by atoms with van der Waals surface area (Å²) >= 11 is 0. The number of hydrogen-bond donors (Lipinski definition) is 2. The van der Waals surface area contributed by atoms with Crippen LogP contribution in [0.1, 0.15) is 29.3 Å². The highest BCUT2D eigenvalue weighted by molar-refractivity contribution is 6.01. The quantitative estimate of drug-likeness (QED) is 0.623. The van der Waals surface area contributed by atoms with Crippen molar-refractivity contribution in [3.8, 4) is 0 Å². The number of rotatable bonds is 3. The average Bonchev–Trinajstić information content (AvgIpc) is 2.68. The molecule has 0 bridgehead atoms. The molecule has 0 aliphatic carbocycles. The molecule has 18 heavy (non-hydrogen) atoms. The molecule has 2 aromatic rings.